The number of rotatable bonds is 12. The number of aromatic nitrogens is 2. The van der Waals surface area contributed by atoms with Gasteiger partial charge in [0.15, 0.2) is 6.60 Å². The lowest BCUT2D eigenvalue weighted by atomic mass is 8.58. The molecular formula is C28H37B15N3. The van der Waals surface area contributed by atoms with Crippen LogP contribution in [0.2, 0.25) is 12.6 Å². The van der Waals surface area contributed by atoms with E-state index in [1.807, 2.05) is 0 Å². The molecule has 1 N–H and O–H groups in total. The fraction of sp³-hybridized carbons (Fsp3) is 0.643. The van der Waals surface area contributed by atoms with Crippen LogP contribution in [0.4, 0.5) is 5.69 Å². The minimum absolute atomic E-state index is 0.00922. The Hall–Kier alpha value is -0.926. The van der Waals surface area contributed by atoms with Crippen LogP contribution in [0.5, 0.6) is 0 Å². The molecule has 0 amide bonds. The number of aryl methyl sites for hydroxylation is 2. The van der Waals surface area contributed by atoms with E-state index >= 15 is 0 Å². The molecular weight excluding hydrogens is 541 g/mol. The first-order chi connectivity index (χ1) is 22.3. The minimum atomic E-state index is -0.641. The summed E-state index contributed by atoms with van der Waals surface area (Å²) in [5.74, 6) is 0. The third-order valence-electron chi connectivity index (χ3n) is 11.6. The van der Waals surface area contributed by atoms with Crippen LogP contribution < -0.4 is 16.5 Å². The molecule has 4 aliphatic rings. The predicted molar refractivity (Wildman–Crippen MR) is 215 cm³/mol. The molecule has 2 aliphatic carbocycles. The normalized spacial score (nSPS) is 16.9. The molecule has 0 saturated carbocycles. The van der Waals surface area contributed by atoms with Gasteiger partial charge in [0.05, 0.1) is 6.49 Å². The molecule has 15 radical (unpaired) electrons. The Morgan fingerprint density at radius 2 is 1.35 bits per heavy atom. The summed E-state index contributed by atoms with van der Waals surface area (Å²) < 4.78 is 0. The van der Waals surface area contributed by atoms with Gasteiger partial charge in [-0.2, -0.15) is 0 Å². The molecule has 2 aromatic heterocycles. The largest absolute Gasteiger partial charge is 0.384 e. The van der Waals surface area contributed by atoms with Crippen molar-refractivity contribution in [1.29, 1.82) is 0 Å². The molecule has 46 heavy (non-hydrogen) atoms. The number of pyridine rings is 2. The fourth-order valence-electron chi connectivity index (χ4n) is 9.15. The number of hydrogen-bond donors (Lipinski definition) is 1. The van der Waals surface area contributed by atoms with Gasteiger partial charge in [0.1, 0.15) is 6.49 Å². The van der Waals surface area contributed by atoms with Crippen LogP contribution in [0.3, 0.4) is 0 Å². The lowest BCUT2D eigenvalue weighted by molar-refractivity contribution is 0.627. The quantitative estimate of drug-likeness (QED) is 0.263. The van der Waals surface area contributed by atoms with E-state index in [1.165, 1.54) is 83.4 Å². The van der Waals surface area contributed by atoms with E-state index in [0.717, 1.165) is 88.2 Å². The van der Waals surface area contributed by atoms with Gasteiger partial charge in [-0.25, -0.2) is 0 Å². The first kappa shape index (κ1) is 34.9. The van der Waals surface area contributed by atoms with Crippen molar-refractivity contribution in [2.24, 2.45) is 0 Å². The van der Waals surface area contributed by atoms with Crippen LogP contribution in [0.15, 0.2) is 0 Å². The summed E-state index contributed by atoms with van der Waals surface area (Å²) in [6.45, 7) is 0.867. The second-order valence-corrected chi connectivity index (χ2v) is 14.5. The van der Waals surface area contributed by atoms with E-state index in [4.69, 9.17) is 64.1 Å². The zero-order valence-electron chi connectivity index (χ0n) is 27.8. The third kappa shape index (κ3) is 7.18. The first-order valence-electron chi connectivity index (χ1n) is 18.2. The molecule has 4 heterocycles. The number of anilines is 1. The maximum atomic E-state index is 6.68. The first-order valence-corrected chi connectivity index (χ1v) is 18.2. The topological polar surface area (TPSA) is 37.8 Å². The van der Waals surface area contributed by atoms with Crippen molar-refractivity contribution in [1.82, 2.24) is 9.97 Å². The van der Waals surface area contributed by atoms with Crippen molar-refractivity contribution < 1.29 is 0 Å². The molecule has 3 nitrogen and oxygen atoms in total. The molecule has 0 saturated heterocycles. The zero-order chi connectivity index (χ0) is 32.4. The van der Waals surface area contributed by atoms with Crippen molar-refractivity contribution >= 4 is 123 Å². The van der Waals surface area contributed by atoms with Crippen LogP contribution in [-0.4, -0.2) is 123 Å². The Kier molecular flexibility index (Phi) is 11.9. The highest BCUT2D eigenvalue weighted by molar-refractivity contribution is 7.95. The number of fused-ring (bicyclic) bond motifs is 4. The van der Waals surface area contributed by atoms with Crippen molar-refractivity contribution in [3.63, 3.8) is 0 Å². The summed E-state index contributed by atoms with van der Waals surface area (Å²) >= 11 is 0. The van der Waals surface area contributed by atoms with E-state index in [1.54, 1.807) is 7.06 Å². The predicted octanol–water partition coefficient (Wildman–Crippen LogP) is -0.893. The van der Waals surface area contributed by atoms with Crippen LogP contribution in [0.25, 0.3) is 0 Å². The summed E-state index contributed by atoms with van der Waals surface area (Å²) in [5.41, 5.74) is 13.4. The van der Waals surface area contributed by atoms with Crippen molar-refractivity contribution in [2.45, 2.75) is 109 Å². The van der Waals surface area contributed by atoms with Crippen molar-refractivity contribution in [2.75, 3.05) is 11.9 Å². The van der Waals surface area contributed by atoms with Gasteiger partial charge in [0, 0.05) is 110 Å². The molecule has 0 atom stereocenters. The molecule has 2 aliphatic heterocycles. The van der Waals surface area contributed by atoms with Crippen molar-refractivity contribution in [3.8, 4) is 0 Å². The third-order valence-corrected chi connectivity index (χ3v) is 11.6. The van der Waals surface area contributed by atoms with Gasteiger partial charge in [-0.15, -0.1) is 0 Å². The maximum absolute atomic E-state index is 6.68. The fourth-order valence-corrected chi connectivity index (χ4v) is 9.15. The number of hydrogen-bond acceptors (Lipinski definition) is 3. The average molecular weight is 578 g/mol. The Morgan fingerprint density at radius 3 is 2.00 bits per heavy atom. The molecule has 2 aromatic rings. The van der Waals surface area contributed by atoms with Crippen LogP contribution >= 0.6 is 0 Å². The second-order valence-electron chi connectivity index (χ2n) is 14.5. The maximum Gasteiger partial charge on any atom is 0.150 e. The lowest BCUT2D eigenvalue weighted by Crippen LogP contribution is -2.73. The average Bonchev–Trinajstić information content (AvgIpc) is 3.07. The number of unbranched alkanes of at least 4 members (excludes halogenated alkanes) is 2. The van der Waals surface area contributed by atoms with Crippen LogP contribution in [0, 0.1) is 0 Å². The molecule has 0 unspecified atom stereocenters. The standard InChI is InChI=1S/C28H37B15N3/c29-36-42(34)39-28-21(15-17-38(39)43(35)41(32)33)19(20-12-8-16-37(40(30)31)27(20)46-28)9-2-1-7-18-44-26-22-10-3-5-13-24(22)45-25-14-6-4-11-23(25)26/h1-18H2,(H,44,45). The Morgan fingerprint density at radius 1 is 0.696 bits per heavy atom. The second kappa shape index (κ2) is 15.7. The van der Waals surface area contributed by atoms with Crippen molar-refractivity contribution in [3.05, 3.63) is 39.2 Å². The molecule has 0 spiro atoms. The molecule has 6 rings (SSSR count). The summed E-state index contributed by atoms with van der Waals surface area (Å²) in [6, 6.07) is 0. The lowest BCUT2D eigenvalue weighted by Gasteiger charge is -2.40. The highest BCUT2D eigenvalue weighted by atomic mass is 14.9. The highest BCUT2D eigenvalue weighted by Gasteiger charge is 2.44. The van der Waals surface area contributed by atoms with Crippen LogP contribution in [-0.2, 0) is 44.9 Å². The Bertz CT molecular complexity index is 1340. The van der Waals surface area contributed by atoms with Gasteiger partial charge in [-0.1, -0.05) is 25.5 Å². The Labute approximate surface area is 292 Å². The van der Waals surface area contributed by atoms with Gasteiger partial charge >= 0.3 is 0 Å². The van der Waals surface area contributed by atoms with Crippen LogP contribution in [0.1, 0.15) is 90.6 Å². The zero-order valence-corrected chi connectivity index (χ0v) is 27.8. The number of nitrogens with zero attached hydrogens (tertiary/aromatic N) is 2. The van der Waals surface area contributed by atoms with Gasteiger partial charge in [0.2, 0.25) is 0 Å². The molecule has 209 valence electrons. The molecule has 18 heteroatoms. The molecule has 0 bridgehead atoms. The van der Waals surface area contributed by atoms with E-state index in [2.05, 4.69) is 5.32 Å². The summed E-state index contributed by atoms with van der Waals surface area (Å²) in [6.07, 6.45) is 17.0. The van der Waals surface area contributed by atoms with Gasteiger partial charge < -0.3 is 5.32 Å². The highest BCUT2D eigenvalue weighted by Crippen LogP contribution is 2.35. The molecule has 0 fully saturated rings. The summed E-state index contributed by atoms with van der Waals surface area (Å²) in [7, 11) is 45.8. The molecule has 0 aromatic carbocycles. The monoisotopic (exact) mass is 580 g/mol. The summed E-state index contributed by atoms with van der Waals surface area (Å²) in [4.78, 5) is 10.5. The SMILES string of the molecule is [B][B]B([B])B1B(B([B])B([B])[B])CCc2c1nc1c(c2CCCCCNc2c3c(nc4c2CCCC4)CCCC3)CCCB1B([B])[B]. The van der Waals surface area contributed by atoms with Gasteiger partial charge in [-0.3, -0.25) is 9.97 Å². The van der Waals surface area contributed by atoms with Gasteiger partial charge in [0.25, 0.3) is 0 Å². The minimum Gasteiger partial charge on any atom is -0.384 e. The van der Waals surface area contributed by atoms with E-state index < -0.39 is 25.5 Å². The summed E-state index contributed by atoms with van der Waals surface area (Å²) in [5, 5.41) is 3.93. The Balaban J connectivity index is 1.21. The number of nitrogens with one attached hydrogen (secondary N) is 1. The van der Waals surface area contributed by atoms with E-state index in [-0.39, 0.29) is 19.6 Å². The van der Waals surface area contributed by atoms with E-state index in [0.29, 0.717) is 0 Å². The smallest absolute Gasteiger partial charge is 0.150 e. The van der Waals surface area contributed by atoms with Gasteiger partial charge in [-0.05, 0) is 122 Å². The van der Waals surface area contributed by atoms with E-state index in [9.17, 15) is 0 Å².